The molecule has 0 aromatic heterocycles. The number of rotatable bonds is 2. The lowest BCUT2D eigenvalue weighted by Gasteiger charge is -2.20. The minimum Gasteiger partial charge on any atom is -0.378 e. The predicted octanol–water partition coefficient (Wildman–Crippen LogP) is 4.17. The highest BCUT2D eigenvalue weighted by Gasteiger charge is 2.09. The number of hydrogen-bond acceptors (Lipinski definition) is 1. The molecule has 1 N–H and O–H groups in total. The summed E-state index contributed by atoms with van der Waals surface area (Å²) in [5.74, 6) is 0. The van der Waals surface area contributed by atoms with Crippen LogP contribution in [0.5, 0.6) is 0 Å². The second-order valence-corrected chi connectivity index (χ2v) is 4.50. The van der Waals surface area contributed by atoms with Gasteiger partial charge in [0.2, 0.25) is 0 Å². The molecule has 0 heterocycles. The maximum absolute atomic E-state index is 6.16. The van der Waals surface area contributed by atoms with E-state index in [9.17, 15) is 0 Å². The lowest BCUT2D eigenvalue weighted by molar-refractivity contribution is 0.674. The van der Waals surface area contributed by atoms with Crippen molar-refractivity contribution in [2.75, 3.05) is 5.32 Å². The van der Waals surface area contributed by atoms with E-state index in [1.807, 2.05) is 6.07 Å². The first kappa shape index (κ1) is 10.6. The fourth-order valence-corrected chi connectivity index (χ4v) is 2.16. The van der Waals surface area contributed by atoms with Crippen LogP contribution in [-0.2, 0) is 0 Å². The topological polar surface area (TPSA) is 12.0 Å². The second kappa shape index (κ2) is 4.71. The normalized spacial score (nSPS) is 20.3. The van der Waals surface area contributed by atoms with Crippen LogP contribution < -0.4 is 5.32 Å². The van der Waals surface area contributed by atoms with Crippen LogP contribution >= 0.6 is 11.6 Å². The van der Waals surface area contributed by atoms with E-state index < -0.39 is 0 Å². The summed E-state index contributed by atoms with van der Waals surface area (Å²) in [6.07, 6.45) is 8.14. The fourth-order valence-electron chi connectivity index (χ4n) is 1.87. The quantitative estimate of drug-likeness (QED) is 0.740. The van der Waals surface area contributed by atoms with Gasteiger partial charge in [0, 0.05) is 6.04 Å². The van der Waals surface area contributed by atoms with Crippen LogP contribution in [0.4, 0.5) is 5.69 Å². The van der Waals surface area contributed by atoms with E-state index in [0.717, 1.165) is 10.7 Å². The molecule has 1 aliphatic carbocycles. The number of anilines is 1. The van der Waals surface area contributed by atoms with Gasteiger partial charge in [0.15, 0.2) is 0 Å². The molecule has 0 radical (unpaired) electrons. The summed E-state index contributed by atoms with van der Waals surface area (Å²) in [5, 5.41) is 4.27. The Morgan fingerprint density at radius 2 is 2.27 bits per heavy atom. The monoisotopic (exact) mass is 221 g/mol. The largest absolute Gasteiger partial charge is 0.378 e. The van der Waals surface area contributed by atoms with Gasteiger partial charge >= 0.3 is 0 Å². The summed E-state index contributed by atoms with van der Waals surface area (Å²) >= 11 is 6.16. The molecule has 2 rings (SSSR count). The van der Waals surface area contributed by atoms with Crippen LogP contribution in [0.3, 0.4) is 0 Å². The highest BCUT2D eigenvalue weighted by molar-refractivity contribution is 6.33. The Hall–Kier alpha value is -0.950. The summed E-state index contributed by atoms with van der Waals surface area (Å²) < 4.78 is 0. The number of benzene rings is 1. The van der Waals surface area contributed by atoms with E-state index in [4.69, 9.17) is 11.6 Å². The predicted molar refractivity (Wildman–Crippen MR) is 66.6 cm³/mol. The van der Waals surface area contributed by atoms with Gasteiger partial charge in [0.05, 0.1) is 10.7 Å². The van der Waals surface area contributed by atoms with Crippen molar-refractivity contribution < 1.29 is 0 Å². The molecular formula is C13H16ClN. The van der Waals surface area contributed by atoms with Crippen molar-refractivity contribution in [1.82, 2.24) is 0 Å². The van der Waals surface area contributed by atoms with E-state index in [2.05, 4.69) is 36.5 Å². The van der Waals surface area contributed by atoms with Crippen molar-refractivity contribution in [3.05, 3.63) is 40.9 Å². The zero-order chi connectivity index (χ0) is 10.7. The molecule has 1 aliphatic rings. The highest BCUT2D eigenvalue weighted by Crippen LogP contribution is 2.25. The molecule has 0 bridgehead atoms. The van der Waals surface area contributed by atoms with Gasteiger partial charge in [-0.3, -0.25) is 0 Å². The van der Waals surface area contributed by atoms with Crippen molar-refractivity contribution >= 4 is 17.3 Å². The molecule has 0 amide bonds. The first-order chi connectivity index (χ1) is 7.25. The van der Waals surface area contributed by atoms with E-state index in [1.165, 1.54) is 24.8 Å². The van der Waals surface area contributed by atoms with Crippen molar-refractivity contribution in [2.24, 2.45) is 0 Å². The molecule has 1 unspecified atom stereocenters. The van der Waals surface area contributed by atoms with E-state index in [0.29, 0.717) is 6.04 Å². The van der Waals surface area contributed by atoms with Gasteiger partial charge < -0.3 is 5.32 Å². The summed E-state index contributed by atoms with van der Waals surface area (Å²) in [7, 11) is 0. The molecular weight excluding hydrogens is 206 g/mol. The van der Waals surface area contributed by atoms with E-state index >= 15 is 0 Å². The minimum atomic E-state index is 0.443. The van der Waals surface area contributed by atoms with Crippen LogP contribution in [0.25, 0.3) is 0 Å². The van der Waals surface area contributed by atoms with Gasteiger partial charge in [-0.25, -0.2) is 0 Å². The molecule has 0 fully saturated rings. The van der Waals surface area contributed by atoms with Gasteiger partial charge in [-0.15, -0.1) is 0 Å². The smallest absolute Gasteiger partial charge is 0.0640 e. The van der Waals surface area contributed by atoms with Crippen LogP contribution in [0.1, 0.15) is 24.8 Å². The number of hydrogen-bond donors (Lipinski definition) is 1. The molecule has 1 aromatic carbocycles. The molecule has 80 valence electrons. The zero-order valence-corrected chi connectivity index (χ0v) is 9.72. The molecule has 1 nitrogen and oxygen atoms in total. The molecule has 0 aliphatic heterocycles. The zero-order valence-electron chi connectivity index (χ0n) is 8.96. The molecule has 0 saturated carbocycles. The molecule has 15 heavy (non-hydrogen) atoms. The van der Waals surface area contributed by atoms with Gasteiger partial charge in [-0.1, -0.05) is 29.8 Å². The molecule has 2 heteroatoms. The lowest BCUT2D eigenvalue weighted by Crippen LogP contribution is -2.18. The lowest BCUT2D eigenvalue weighted by atomic mass is 10.0. The average Bonchev–Trinajstić information content (AvgIpc) is 2.24. The van der Waals surface area contributed by atoms with Crippen LogP contribution in [0.2, 0.25) is 5.02 Å². The minimum absolute atomic E-state index is 0.443. The van der Waals surface area contributed by atoms with Crippen molar-refractivity contribution in [1.29, 1.82) is 0 Å². The standard InChI is InChI=1S/C13H16ClN/c1-10-7-8-13(12(14)9-10)15-11-5-3-2-4-6-11/h3,5,7-9,11,15H,2,4,6H2,1H3. The van der Waals surface area contributed by atoms with Gasteiger partial charge in [0.1, 0.15) is 0 Å². The summed E-state index contributed by atoms with van der Waals surface area (Å²) in [4.78, 5) is 0. The van der Waals surface area contributed by atoms with Crippen LogP contribution in [-0.4, -0.2) is 6.04 Å². The van der Waals surface area contributed by atoms with E-state index in [1.54, 1.807) is 0 Å². The third kappa shape index (κ3) is 2.75. The Kier molecular flexibility index (Phi) is 3.32. The van der Waals surface area contributed by atoms with Crippen molar-refractivity contribution in [3.8, 4) is 0 Å². The Labute approximate surface area is 96.1 Å². The Morgan fingerprint density at radius 1 is 1.40 bits per heavy atom. The Morgan fingerprint density at radius 3 is 2.93 bits per heavy atom. The van der Waals surface area contributed by atoms with Crippen LogP contribution in [0.15, 0.2) is 30.4 Å². The summed E-state index contributed by atoms with van der Waals surface area (Å²) in [5.41, 5.74) is 2.24. The third-order valence-corrected chi connectivity index (χ3v) is 3.03. The number of halogens is 1. The maximum atomic E-state index is 6.16. The molecule has 1 aromatic rings. The second-order valence-electron chi connectivity index (χ2n) is 4.09. The number of nitrogens with one attached hydrogen (secondary N) is 1. The number of aryl methyl sites for hydroxylation is 1. The van der Waals surface area contributed by atoms with Crippen molar-refractivity contribution in [2.45, 2.75) is 32.2 Å². The SMILES string of the molecule is Cc1ccc(NC2C=CCCC2)c(Cl)c1. The first-order valence-corrected chi connectivity index (χ1v) is 5.83. The molecule has 0 saturated heterocycles. The average molecular weight is 222 g/mol. The first-order valence-electron chi connectivity index (χ1n) is 5.45. The third-order valence-electron chi connectivity index (χ3n) is 2.72. The van der Waals surface area contributed by atoms with Crippen molar-refractivity contribution in [3.63, 3.8) is 0 Å². The maximum Gasteiger partial charge on any atom is 0.0640 e. The van der Waals surface area contributed by atoms with Crippen LogP contribution in [0, 0.1) is 6.92 Å². The summed E-state index contributed by atoms with van der Waals surface area (Å²) in [6, 6.07) is 6.58. The van der Waals surface area contributed by atoms with Gasteiger partial charge in [-0.2, -0.15) is 0 Å². The fraction of sp³-hybridized carbons (Fsp3) is 0.385. The molecule has 1 atom stereocenters. The van der Waals surface area contributed by atoms with Gasteiger partial charge in [-0.05, 0) is 43.9 Å². The number of allylic oxidation sites excluding steroid dienone is 1. The van der Waals surface area contributed by atoms with E-state index in [-0.39, 0.29) is 0 Å². The molecule has 0 spiro atoms. The Bertz CT molecular complexity index is 371. The van der Waals surface area contributed by atoms with Gasteiger partial charge in [0.25, 0.3) is 0 Å². The highest BCUT2D eigenvalue weighted by atomic mass is 35.5. The summed E-state index contributed by atoms with van der Waals surface area (Å²) in [6.45, 7) is 2.05. The Balaban J connectivity index is 2.09.